The molecule has 2 rings (SSSR count). The van der Waals surface area contributed by atoms with E-state index >= 15 is 0 Å². The van der Waals surface area contributed by atoms with E-state index in [1.54, 1.807) is 0 Å². The van der Waals surface area contributed by atoms with Crippen LogP contribution in [0.25, 0.3) is 0 Å². The van der Waals surface area contributed by atoms with Crippen molar-refractivity contribution in [2.75, 3.05) is 0 Å². The number of allylic oxidation sites excluding steroid dienone is 2. The van der Waals surface area contributed by atoms with Gasteiger partial charge in [-0.2, -0.15) is 0 Å². The number of esters is 1. The Morgan fingerprint density at radius 2 is 2.25 bits per heavy atom. The number of carbonyl (C=O) groups excluding carboxylic acids is 1. The molecule has 2 heteroatoms. The van der Waals surface area contributed by atoms with E-state index in [9.17, 15) is 4.79 Å². The van der Waals surface area contributed by atoms with Gasteiger partial charge < -0.3 is 4.74 Å². The first kappa shape index (κ1) is 11.7. The first-order valence-electron chi connectivity index (χ1n) is 6.59. The van der Waals surface area contributed by atoms with Crippen molar-refractivity contribution in [3.63, 3.8) is 0 Å². The maximum atomic E-state index is 12.0. The second kappa shape index (κ2) is 5.03. The lowest BCUT2D eigenvalue weighted by Gasteiger charge is -2.20. The van der Waals surface area contributed by atoms with E-state index in [1.807, 2.05) is 6.92 Å². The summed E-state index contributed by atoms with van der Waals surface area (Å²) in [6.07, 6.45) is 10.0. The molecule has 0 aromatic heterocycles. The number of carbonyl (C=O) groups is 1. The average Bonchev–Trinajstić information content (AvgIpc) is 2.87. The quantitative estimate of drug-likeness (QED) is 0.527. The molecule has 0 spiro atoms. The maximum Gasteiger partial charge on any atom is 0.309 e. The van der Waals surface area contributed by atoms with Gasteiger partial charge in [-0.25, -0.2) is 0 Å². The van der Waals surface area contributed by atoms with E-state index in [-0.39, 0.29) is 18.0 Å². The SMILES string of the molecule is CCCCC(C)OC(=O)C1CC2C=CC1C2. The Morgan fingerprint density at radius 3 is 2.81 bits per heavy atom. The molecule has 4 atom stereocenters. The van der Waals surface area contributed by atoms with Crippen molar-refractivity contribution in [2.24, 2.45) is 17.8 Å². The minimum atomic E-state index is 0.0421. The van der Waals surface area contributed by atoms with Crippen LogP contribution in [0.5, 0.6) is 0 Å². The fourth-order valence-electron chi connectivity index (χ4n) is 2.89. The molecule has 2 aliphatic carbocycles. The van der Waals surface area contributed by atoms with Gasteiger partial charge in [0.25, 0.3) is 0 Å². The molecular weight excluding hydrogens is 200 g/mol. The molecule has 16 heavy (non-hydrogen) atoms. The Kier molecular flexibility index (Phi) is 3.67. The summed E-state index contributed by atoms with van der Waals surface area (Å²) in [7, 11) is 0. The summed E-state index contributed by atoms with van der Waals surface area (Å²) >= 11 is 0. The van der Waals surface area contributed by atoms with Crippen molar-refractivity contribution in [3.05, 3.63) is 12.2 Å². The van der Waals surface area contributed by atoms with E-state index in [0.717, 1.165) is 19.3 Å². The molecule has 4 unspecified atom stereocenters. The molecule has 1 saturated carbocycles. The molecular formula is C14H22O2. The molecule has 0 aromatic carbocycles. The normalized spacial score (nSPS) is 33.0. The minimum Gasteiger partial charge on any atom is -0.462 e. The van der Waals surface area contributed by atoms with Crippen LogP contribution in [0.15, 0.2) is 12.2 Å². The monoisotopic (exact) mass is 222 g/mol. The summed E-state index contributed by atoms with van der Waals surface area (Å²) in [5.41, 5.74) is 0. The number of rotatable bonds is 5. The van der Waals surface area contributed by atoms with E-state index in [0.29, 0.717) is 11.8 Å². The number of fused-ring (bicyclic) bond motifs is 2. The highest BCUT2D eigenvalue weighted by Gasteiger charge is 2.41. The van der Waals surface area contributed by atoms with Crippen LogP contribution in [0.3, 0.4) is 0 Å². The van der Waals surface area contributed by atoms with Crippen LogP contribution in [-0.2, 0) is 9.53 Å². The highest BCUT2D eigenvalue weighted by molar-refractivity contribution is 5.74. The van der Waals surface area contributed by atoms with Gasteiger partial charge in [-0.05, 0) is 38.0 Å². The minimum absolute atomic E-state index is 0.0421. The molecule has 0 aromatic rings. The van der Waals surface area contributed by atoms with Gasteiger partial charge in [-0.3, -0.25) is 4.79 Å². The second-order valence-corrected chi connectivity index (χ2v) is 5.28. The van der Waals surface area contributed by atoms with Crippen molar-refractivity contribution in [2.45, 2.75) is 52.1 Å². The fraction of sp³-hybridized carbons (Fsp3) is 0.786. The van der Waals surface area contributed by atoms with E-state index < -0.39 is 0 Å². The lowest BCUT2D eigenvalue weighted by atomic mass is 9.94. The van der Waals surface area contributed by atoms with Crippen molar-refractivity contribution in [1.82, 2.24) is 0 Å². The molecule has 0 N–H and O–H groups in total. The lowest BCUT2D eigenvalue weighted by molar-refractivity contribution is -0.154. The Labute approximate surface area is 98.1 Å². The predicted octanol–water partition coefficient (Wildman–Crippen LogP) is 3.32. The van der Waals surface area contributed by atoms with Crippen LogP contribution in [-0.4, -0.2) is 12.1 Å². The van der Waals surface area contributed by atoms with Crippen LogP contribution >= 0.6 is 0 Å². The zero-order chi connectivity index (χ0) is 11.5. The summed E-state index contributed by atoms with van der Waals surface area (Å²) in [6, 6.07) is 0. The summed E-state index contributed by atoms with van der Waals surface area (Å²) in [5, 5.41) is 0. The maximum absolute atomic E-state index is 12.0. The number of unbranched alkanes of at least 4 members (excludes halogenated alkanes) is 1. The predicted molar refractivity (Wildman–Crippen MR) is 63.9 cm³/mol. The Bertz CT molecular complexity index is 282. The molecule has 2 bridgehead atoms. The van der Waals surface area contributed by atoms with Crippen LogP contribution in [0, 0.1) is 17.8 Å². The molecule has 0 amide bonds. The van der Waals surface area contributed by atoms with Gasteiger partial charge in [0.15, 0.2) is 0 Å². The highest BCUT2D eigenvalue weighted by atomic mass is 16.5. The van der Waals surface area contributed by atoms with Gasteiger partial charge in [0, 0.05) is 0 Å². The fourth-order valence-corrected chi connectivity index (χ4v) is 2.89. The Hall–Kier alpha value is -0.790. The first-order valence-corrected chi connectivity index (χ1v) is 6.59. The highest BCUT2D eigenvalue weighted by Crippen LogP contribution is 2.44. The van der Waals surface area contributed by atoms with Crippen LogP contribution < -0.4 is 0 Å². The Morgan fingerprint density at radius 1 is 1.44 bits per heavy atom. The second-order valence-electron chi connectivity index (χ2n) is 5.28. The van der Waals surface area contributed by atoms with Gasteiger partial charge in [-0.1, -0.05) is 31.9 Å². The van der Waals surface area contributed by atoms with Crippen LogP contribution in [0.2, 0.25) is 0 Å². The molecule has 1 fully saturated rings. The third-order valence-corrected chi connectivity index (χ3v) is 3.86. The topological polar surface area (TPSA) is 26.3 Å². The molecule has 0 radical (unpaired) electrons. The summed E-state index contributed by atoms with van der Waals surface area (Å²) in [5.74, 6) is 1.31. The van der Waals surface area contributed by atoms with E-state index in [1.165, 1.54) is 12.8 Å². The van der Waals surface area contributed by atoms with Gasteiger partial charge in [0.05, 0.1) is 12.0 Å². The summed E-state index contributed by atoms with van der Waals surface area (Å²) < 4.78 is 5.52. The number of ether oxygens (including phenoxy) is 1. The molecule has 2 aliphatic rings. The summed E-state index contributed by atoms with van der Waals surface area (Å²) in [4.78, 5) is 12.0. The van der Waals surface area contributed by atoms with Gasteiger partial charge in [0.1, 0.15) is 0 Å². The molecule has 2 nitrogen and oxygen atoms in total. The molecule has 90 valence electrons. The first-order chi connectivity index (χ1) is 7.70. The Balaban J connectivity index is 1.78. The van der Waals surface area contributed by atoms with Crippen molar-refractivity contribution in [1.29, 1.82) is 0 Å². The number of hydrogen-bond donors (Lipinski definition) is 0. The lowest BCUT2D eigenvalue weighted by Crippen LogP contribution is -2.25. The number of hydrogen-bond acceptors (Lipinski definition) is 2. The van der Waals surface area contributed by atoms with E-state index in [4.69, 9.17) is 4.74 Å². The van der Waals surface area contributed by atoms with E-state index in [2.05, 4.69) is 19.1 Å². The third-order valence-electron chi connectivity index (χ3n) is 3.86. The van der Waals surface area contributed by atoms with Crippen LogP contribution in [0.4, 0.5) is 0 Å². The van der Waals surface area contributed by atoms with Gasteiger partial charge in [-0.15, -0.1) is 0 Å². The largest absolute Gasteiger partial charge is 0.462 e. The van der Waals surface area contributed by atoms with Crippen molar-refractivity contribution >= 4 is 5.97 Å². The zero-order valence-corrected chi connectivity index (χ0v) is 10.3. The van der Waals surface area contributed by atoms with Crippen molar-refractivity contribution < 1.29 is 9.53 Å². The van der Waals surface area contributed by atoms with Crippen LogP contribution in [0.1, 0.15) is 46.0 Å². The summed E-state index contributed by atoms with van der Waals surface area (Å²) in [6.45, 7) is 4.17. The standard InChI is InChI=1S/C14H22O2/c1-3-4-5-10(2)16-14(15)13-9-11-6-7-12(13)8-11/h6-7,10-13H,3-5,8-9H2,1-2H3. The average molecular weight is 222 g/mol. The molecule has 0 heterocycles. The van der Waals surface area contributed by atoms with Gasteiger partial charge >= 0.3 is 5.97 Å². The molecule has 0 saturated heterocycles. The third kappa shape index (κ3) is 2.47. The van der Waals surface area contributed by atoms with Gasteiger partial charge in [0.2, 0.25) is 0 Å². The zero-order valence-electron chi connectivity index (χ0n) is 10.3. The smallest absolute Gasteiger partial charge is 0.309 e. The van der Waals surface area contributed by atoms with Crippen molar-refractivity contribution in [3.8, 4) is 0 Å². The molecule has 0 aliphatic heterocycles.